The minimum Gasteiger partial charge on any atom is -0.480 e. The van der Waals surface area contributed by atoms with E-state index in [0.717, 1.165) is 18.8 Å². The van der Waals surface area contributed by atoms with Gasteiger partial charge in [-0.1, -0.05) is 6.92 Å². The molecule has 3 atom stereocenters. The summed E-state index contributed by atoms with van der Waals surface area (Å²) in [5.41, 5.74) is 5.31. The van der Waals surface area contributed by atoms with Gasteiger partial charge in [0.1, 0.15) is 12.1 Å². The van der Waals surface area contributed by atoms with E-state index in [2.05, 4.69) is 5.32 Å². The van der Waals surface area contributed by atoms with Crippen LogP contribution in [0.4, 0.5) is 4.79 Å². The van der Waals surface area contributed by atoms with E-state index < -0.39 is 53.8 Å². The maximum atomic E-state index is 12.3. The van der Waals surface area contributed by atoms with E-state index in [4.69, 9.17) is 20.7 Å². The Balaban J connectivity index is 4.90. The van der Waals surface area contributed by atoms with Gasteiger partial charge in [0.25, 0.3) is 5.91 Å². The molecule has 0 radical (unpaired) electrons. The second-order valence-electron chi connectivity index (χ2n) is 6.35. The Bertz CT molecular complexity index is 671. The molecular weight excluding hydrogens is 422 g/mol. The van der Waals surface area contributed by atoms with Crippen LogP contribution in [0.15, 0.2) is 0 Å². The molecule has 0 aromatic carbocycles. The molecule has 0 aliphatic carbocycles. The third-order valence-electron chi connectivity index (χ3n) is 3.88. The van der Waals surface area contributed by atoms with Crippen molar-refractivity contribution in [3.63, 3.8) is 0 Å². The smallest absolute Gasteiger partial charge is 0.413 e. The Morgan fingerprint density at radius 3 is 2.27 bits per heavy atom. The first-order valence-corrected chi connectivity index (χ1v) is 10.2. The van der Waals surface area contributed by atoms with E-state index >= 15 is 0 Å². The summed E-state index contributed by atoms with van der Waals surface area (Å²) < 4.78 is 4.89. The Morgan fingerprint density at radius 1 is 1.17 bits per heavy atom. The van der Waals surface area contributed by atoms with Gasteiger partial charge in [0.2, 0.25) is 11.7 Å². The molecule has 0 heterocycles. The van der Waals surface area contributed by atoms with Crippen molar-refractivity contribution in [1.29, 1.82) is 0 Å². The topological polar surface area (TPSA) is 193 Å². The largest absolute Gasteiger partial charge is 0.480 e. The number of imide groups is 1. The fourth-order valence-electron chi connectivity index (χ4n) is 1.84. The Morgan fingerprint density at radius 2 is 1.77 bits per heavy atom. The molecule has 5 N–H and O–H groups in total. The van der Waals surface area contributed by atoms with Gasteiger partial charge >= 0.3 is 18.0 Å². The number of carbonyl (C=O) groups is 6. The summed E-state index contributed by atoms with van der Waals surface area (Å²) in [5.74, 6) is -5.36. The zero-order chi connectivity index (χ0) is 23.4. The lowest BCUT2D eigenvalue weighted by Gasteiger charge is -2.21. The van der Waals surface area contributed by atoms with Gasteiger partial charge in [-0.2, -0.15) is 11.8 Å². The van der Waals surface area contributed by atoms with E-state index in [0.29, 0.717) is 11.3 Å². The van der Waals surface area contributed by atoms with E-state index in [-0.39, 0.29) is 24.3 Å². The van der Waals surface area contributed by atoms with Crippen molar-refractivity contribution in [3.8, 4) is 0 Å². The predicted molar refractivity (Wildman–Crippen MR) is 106 cm³/mol. The first kappa shape index (κ1) is 27.3. The van der Waals surface area contributed by atoms with Crippen LogP contribution in [0.1, 0.15) is 33.1 Å². The number of carbonyl (C=O) groups excluding carboxylic acids is 4. The zero-order valence-electron chi connectivity index (χ0n) is 17.0. The molecule has 0 aromatic rings. The van der Waals surface area contributed by atoms with E-state index in [1.54, 1.807) is 13.8 Å². The highest BCUT2D eigenvalue weighted by Crippen LogP contribution is 2.09. The van der Waals surface area contributed by atoms with Crippen LogP contribution in [0.25, 0.3) is 0 Å². The monoisotopic (exact) mass is 449 g/mol. The van der Waals surface area contributed by atoms with E-state index in [1.165, 1.54) is 0 Å². The summed E-state index contributed by atoms with van der Waals surface area (Å²) in [7, 11) is 0.990. The summed E-state index contributed by atoms with van der Waals surface area (Å²) in [5, 5.41) is 20.0. The lowest BCUT2D eigenvalue weighted by Crippen LogP contribution is -2.50. The molecule has 3 unspecified atom stereocenters. The van der Waals surface area contributed by atoms with Crippen molar-refractivity contribution in [2.45, 2.75) is 51.3 Å². The number of thioether (sulfide) groups is 1. The van der Waals surface area contributed by atoms with Crippen LogP contribution in [-0.2, 0) is 28.7 Å². The maximum absolute atomic E-state index is 12.3. The molecule has 0 spiro atoms. The molecule has 0 bridgehead atoms. The number of hydrogen-bond acceptors (Lipinski definition) is 9. The second kappa shape index (κ2) is 13.5. The molecule has 13 heteroatoms. The summed E-state index contributed by atoms with van der Waals surface area (Å²) in [6, 6.07) is -2.59. The van der Waals surface area contributed by atoms with Crippen molar-refractivity contribution >= 4 is 47.4 Å². The number of Topliss-reactive ketones (excluding diaryl/α,β-unsaturated/α-hetero) is 1. The highest BCUT2D eigenvalue weighted by molar-refractivity contribution is 8.00. The van der Waals surface area contributed by atoms with E-state index in [1.807, 2.05) is 0 Å². The van der Waals surface area contributed by atoms with Gasteiger partial charge in [-0.25, -0.2) is 14.5 Å². The SMILES string of the molecule is CCC(C)OC(=O)C(=O)CSCC(NC(=O)CCC(N)C(=O)O)C(=O)N(C)C(=O)O. The van der Waals surface area contributed by atoms with E-state index in [9.17, 15) is 28.8 Å². The standard InChI is InChI=1S/C17H27N3O9S/c1-4-9(2)29-16(26)12(21)8-30-7-11(14(23)20(3)17(27)28)19-13(22)6-5-10(18)15(24)25/h9-11H,4-8,18H2,1-3H3,(H,19,22)(H,24,25)(H,27,28). The number of rotatable bonds is 13. The Labute approximate surface area is 177 Å². The summed E-state index contributed by atoms with van der Waals surface area (Å²) in [6.45, 7) is 3.40. The molecule has 12 nitrogen and oxygen atoms in total. The number of nitrogens with one attached hydrogen (secondary N) is 1. The van der Waals surface area contributed by atoms with Crippen LogP contribution in [0.3, 0.4) is 0 Å². The van der Waals surface area contributed by atoms with Crippen LogP contribution in [0.2, 0.25) is 0 Å². The zero-order valence-corrected chi connectivity index (χ0v) is 17.8. The normalized spacial score (nSPS) is 13.5. The van der Waals surface area contributed by atoms with Gasteiger partial charge in [-0.05, 0) is 19.8 Å². The van der Waals surface area contributed by atoms with Crippen LogP contribution in [0, 0.1) is 0 Å². The molecule has 0 aliphatic heterocycles. The summed E-state index contributed by atoms with van der Waals surface area (Å²) in [6.07, 6.45) is -1.95. The first-order valence-electron chi connectivity index (χ1n) is 9.00. The number of carboxylic acids is 1. The Kier molecular flexibility index (Phi) is 12.3. The maximum Gasteiger partial charge on any atom is 0.413 e. The minimum absolute atomic E-state index is 0.191. The van der Waals surface area contributed by atoms with Crippen molar-refractivity contribution in [1.82, 2.24) is 10.2 Å². The second-order valence-corrected chi connectivity index (χ2v) is 7.38. The molecule has 170 valence electrons. The molecule has 0 aromatic heterocycles. The third-order valence-corrected chi connectivity index (χ3v) is 4.91. The number of esters is 1. The fraction of sp³-hybridized carbons (Fsp3) is 0.647. The van der Waals surface area contributed by atoms with Gasteiger partial charge in [-0.15, -0.1) is 0 Å². The lowest BCUT2D eigenvalue weighted by molar-refractivity contribution is -0.156. The van der Waals surface area contributed by atoms with Crippen LogP contribution in [-0.4, -0.2) is 87.5 Å². The number of hydrogen-bond donors (Lipinski definition) is 4. The number of nitrogens with zero attached hydrogens (tertiary/aromatic N) is 1. The quantitative estimate of drug-likeness (QED) is 0.208. The molecule has 0 fully saturated rings. The molecule has 0 aliphatic rings. The Hall–Kier alpha value is -2.67. The molecule has 30 heavy (non-hydrogen) atoms. The van der Waals surface area contributed by atoms with Crippen LogP contribution in [0.5, 0.6) is 0 Å². The summed E-state index contributed by atoms with van der Waals surface area (Å²) in [4.78, 5) is 69.8. The van der Waals surface area contributed by atoms with Crippen molar-refractivity contribution in [3.05, 3.63) is 0 Å². The molecule has 0 rings (SSSR count). The molecule has 3 amide bonds. The molecule has 0 saturated heterocycles. The van der Waals surface area contributed by atoms with Crippen molar-refractivity contribution < 1.29 is 43.7 Å². The van der Waals surface area contributed by atoms with Gasteiger partial charge in [0.05, 0.1) is 11.9 Å². The highest BCUT2D eigenvalue weighted by Gasteiger charge is 2.28. The van der Waals surface area contributed by atoms with Crippen molar-refractivity contribution in [2.24, 2.45) is 5.73 Å². The summed E-state index contributed by atoms with van der Waals surface area (Å²) >= 11 is 0.837. The highest BCUT2D eigenvalue weighted by atomic mass is 32.2. The van der Waals surface area contributed by atoms with Crippen molar-refractivity contribution in [2.75, 3.05) is 18.6 Å². The minimum atomic E-state index is -1.55. The van der Waals surface area contributed by atoms with Crippen LogP contribution < -0.4 is 11.1 Å². The van der Waals surface area contributed by atoms with Gasteiger partial charge in [-0.3, -0.25) is 19.2 Å². The molecular formula is C17H27N3O9S. The van der Waals surface area contributed by atoms with Gasteiger partial charge < -0.3 is 26.0 Å². The molecule has 0 saturated carbocycles. The van der Waals surface area contributed by atoms with Gasteiger partial charge in [0.15, 0.2) is 0 Å². The number of ketones is 1. The average Bonchev–Trinajstić information content (AvgIpc) is 2.69. The fourth-order valence-corrected chi connectivity index (χ4v) is 2.72. The number of aliphatic carboxylic acids is 1. The van der Waals surface area contributed by atoms with Gasteiger partial charge in [0, 0.05) is 19.2 Å². The number of ether oxygens (including phenoxy) is 1. The first-order chi connectivity index (χ1) is 13.9. The number of likely N-dealkylation sites (N-methyl/N-ethyl adjacent to an activating group) is 1. The number of nitrogens with two attached hydrogens (primary N) is 1. The average molecular weight is 449 g/mol. The lowest BCUT2D eigenvalue weighted by atomic mass is 10.1. The van der Waals surface area contributed by atoms with Crippen LogP contribution >= 0.6 is 11.8 Å². The third kappa shape index (κ3) is 10.2. The number of amides is 3. The predicted octanol–water partition coefficient (Wildman–Crippen LogP) is -0.556. The number of carboxylic acid groups (broad SMARTS) is 2.